The van der Waals surface area contributed by atoms with Crippen LogP contribution in [0.1, 0.15) is 95.4 Å². The predicted octanol–water partition coefficient (Wildman–Crippen LogP) is 5.85. The Morgan fingerprint density at radius 2 is 1.72 bits per heavy atom. The summed E-state index contributed by atoms with van der Waals surface area (Å²) in [6, 6.07) is 16.4. The molecule has 10 rings (SSSR count). The van der Waals surface area contributed by atoms with E-state index in [4.69, 9.17) is 18.9 Å². The highest BCUT2D eigenvalue weighted by atomic mass is 16.6. The fourth-order valence-corrected chi connectivity index (χ4v) is 10.8. The molecule has 0 saturated heterocycles. The highest BCUT2D eigenvalue weighted by molar-refractivity contribution is 5.89. The number of hydrogen-bond donors (Lipinski definition) is 5. The van der Waals surface area contributed by atoms with Gasteiger partial charge in [-0.15, -0.1) is 0 Å². The van der Waals surface area contributed by atoms with Crippen molar-refractivity contribution in [3.63, 3.8) is 0 Å². The molecule has 10 heteroatoms. The lowest BCUT2D eigenvalue weighted by molar-refractivity contribution is -0.0486. The zero-order chi connectivity index (χ0) is 39.5. The highest BCUT2D eigenvalue weighted by Gasteiger charge is 2.45. The topological polar surface area (TPSA) is 134 Å². The third kappa shape index (κ3) is 6.36. The molecule has 0 aromatic heterocycles. The summed E-state index contributed by atoms with van der Waals surface area (Å²) in [5.74, 6) is 2.38. The van der Waals surface area contributed by atoms with Crippen LogP contribution in [0.3, 0.4) is 0 Å². The molecule has 0 unspecified atom stereocenters. The van der Waals surface area contributed by atoms with Crippen LogP contribution in [0.25, 0.3) is 23.3 Å². The minimum Gasteiger partial charge on any atom is -0.507 e. The summed E-state index contributed by atoms with van der Waals surface area (Å²) in [5.41, 5.74) is 10.7. The lowest BCUT2D eigenvalue weighted by Gasteiger charge is -2.44. The average Bonchev–Trinajstić information content (AvgIpc) is 3.73. The third-order valence-corrected chi connectivity index (χ3v) is 13.5. The summed E-state index contributed by atoms with van der Waals surface area (Å²) in [6.07, 6.45) is 12.0. The van der Waals surface area contributed by atoms with E-state index in [2.05, 4.69) is 52.0 Å². The molecule has 0 radical (unpaired) electrons. The van der Waals surface area contributed by atoms with Crippen molar-refractivity contribution in [2.24, 2.45) is 4.99 Å². The number of likely N-dealkylation sites (N-methyl/N-ethyl adjacent to an activating group) is 1. The van der Waals surface area contributed by atoms with Crippen LogP contribution in [0, 0.1) is 0 Å². The predicted molar refractivity (Wildman–Crippen MR) is 222 cm³/mol. The van der Waals surface area contributed by atoms with Gasteiger partial charge in [0.25, 0.3) is 0 Å². The monoisotopic (exact) mass is 783 g/mol. The van der Waals surface area contributed by atoms with Gasteiger partial charge < -0.3 is 39.6 Å². The Bertz CT molecular complexity index is 2420. The molecule has 3 aliphatic carbocycles. The minimum absolute atomic E-state index is 0.0140. The zero-order valence-corrected chi connectivity index (χ0v) is 33.4. The van der Waals surface area contributed by atoms with Crippen LogP contribution in [0.2, 0.25) is 0 Å². The maximum absolute atomic E-state index is 11.5. The van der Waals surface area contributed by atoms with Gasteiger partial charge >= 0.3 is 0 Å². The number of nitrogens with one attached hydrogen (secondary N) is 2. The summed E-state index contributed by atoms with van der Waals surface area (Å²) >= 11 is 0. The van der Waals surface area contributed by atoms with Crippen molar-refractivity contribution in [3.05, 3.63) is 104 Å². The molecule has 0 amide bonds. The van der Waals surface area contributed by atoms with Crippen molar-refractivity contribution >= 4 is 12.2 Å². The maximum Gasteiger partial charge on any atom is 0.160 e. The number of aliphatic hydroxyl groups excluding tert-OH is 1. The van der Waals surface area contributed by atoms with Crippen LogP contribution < -0.4 is 35.4 Å². The first-order valence-corrected chi connectivity index (χ1v) is 21.2. The van der Waals surface area contributed by atoms with Crippen LogP contribution in [0.15, 0.2) is 59.1 Å². The molecule has 6 aliphatic rings. The molecule has 0 bridgehead atoms. The number of nitrogens with zero attached hydrogens (tertiary/aromatic N) is 1. The van der Waals surface area contributed by atoms with Gasteiger partial charge in [0.05, 0.1) is 32.3 Å². The number of rotatable bonds is 10. The Morgan fingerprint density at radius 1 is 0.879 bits per heavy atom. The van der Waals surface area contributed by atoms with E-state index in [1.54, 1.807) is 13.2 Å². The molecule has 3 heterocycles. The lowest BCUT2D eigenvalue weighted by atomic mass is 9.63. The second-order valence-electron chi connectivity index (χ2n) is 16.9. The molecule has 3 aliphatic heterocycles. The molecule has 5 N–H and O–H groups in total. The summed E-state index contributed by atoms with van der Waals surface area (Å²) in [4.78, 5) is 4.68. The van der Waals surface area contributed by atoms with E-state index in [0.29, 0.717) is 57.3 Å². The third-order valence-electron chi connectivity index (χ3n) is 13.5. The van der Waals surface area contributed by atoms with E-state index in [1.807, 2.05) is 25.2 Å². The summed E-state index contributed by atoms with van der Waals surface area (Å²) in [6.45, 7) is 1.70. The number of aliphatic hydroxyl groups is 1. The van der Waals surface area contributed by atoms with Crippen LogP contribution in [0.4, 0.5) is 0 Å². The van der Waals surface area contributed by atoms with Crippen LogP contribution >= 0.6 is 0 Å². The van der Waals surface area contributed by atoms with Gasteiger partial charge in [-0.25, -0.2) is 0 Å². The number of benzene rings is 4. The van der Waals surface area contributed by atoms with Crippen molar-refractivity contribution < 1.29 is 34.3 Å². The molecule has 302 valence electrons. The maximum atomic E-state index is 11.5. The molecule has 5 atom stereocenters. The Labute approximate surface area is 339 Å². The molecule has 4 aromatic rings. The standard InChI is InChI=1S/C48H53N3O7/c1-49-23-29-19-36-39(53)15-12-32-44(36)37(43(29)27-8-13-38-26(18-27)16-17-50-38)21-34-35-22-42(56-25-51-30-6-4-3-5-7-30)46(28-9-14-40(54)41(20-28)55-2)58-47(35)33-11-10-31(24-52)57-48(33)45(32)34/h8-9,12-16,18-20,30-31,37,42-43,46,49,51-54H,3-7,10-11,17,21-25H2,1-2H3/t31-,37-,42-,43+,46-/m1/s1. The van der Waals surface area contributed by atoms with Crippen molar-refractivity contribution in [1.82, 2.24) is 10.6 Å². The summed E-state index contributed by atoms with van der Waals surface area (Å²) in [7, 11) is 3.54. The normalized spacial score (nSPS) is 24.1. The first-order valence-electron chi connectivity index (χ1n) is 21.2. The molecule has 0 spiro atoms. The van der Waals surface area contributed by atoms with E-state index in [9.17, 15) is 15.3 Å². The second-order valence-corrected chi connectivity index (χ2v) is 16.9. The number of fused-ring (bicyclic) bond motifs is 8. The van der Waals surface area contributed by atoms with Gasteiger partial charge in [0.1, 0.15) is 29.5 Å². The SMILES string of the molecule is CNCC1=Cc2c(O)ccc3c2[C@H](Cc2c4c(c5c(c2-3)O[C@@H](CO)CC5)O[C@H](c2ccc(O)c(OC)c2)[C@H](OCNC2CCCCC2)C4)[C@H]1c1ccc2c(c1)=CCN=2. The van der Waals surface area contributed by atoms with Gasteiger partial charge in [-0.1, -0.05) is 43.5 Å². The largest absolute Gasteiger partial charge is 0.507 e. The lowest BCUT2D eigenvalue weighted by Crippen LogP contribution is -2.40. The van der Waals surface area contributed by atoms with Gasteiger partial charge in [0.2, 0.25) is 0 Å². The number of ether oxygens (including phenoxy) is 4. The van der Waals surface area contributed by atoms with Gasteiger partial charge in [0, 0.05) is 47.2 Å². The number of methoxy groups -OCH3 is 1. The van der Waals surface area contributed by atoms with Crippen LogP contribution in [-0.2, 0) is 24.0 Å². The molecule has 10 nitrogen and oxygen atoms in total. The molecule has 1 saturated carbocycles. The van der Waals surface area contributed by atoms with Crippen molar-refractivity contribution in [2.75, 3.05) is 40.6 Å². The molecular weight excluding hydrogens is 731 g/mol. The summed E-state index contributed by atoms with van der Waals surface area (Å²) < 4.78 is 26.5. The van der Waals surface area contributed by atoms with Gasteiger partial charge in [-0.05, 0) is 120 Å². The Balaban J connectivity index is 1.14. The Morgan fingerprint density at radius 3 is 2.55 bits per heavy atom. The van der Waals surface area contributed by atoms with Crippen LogP contribution in [0.5, 0.6) is 28.7 Å². The van der Waals surface area contributed by atoms with E-state index < -0.39 is 6.10 Å². The van der Waals surface area contributed by atoms with E-state index >= 15 is 0 Å². The molecule has 1 fully saturated rings. The molecule has 58 heavy (non-hydrogen) atoms. The van der Waals surface area contributed by atoms with E-state index in [0.717, 1.165) is 68.6 Å². The van der Waals surface area contributed by atoms with Crippen LogP contribution in [-0.4, -0.2) is 74.2 Å². The molecular formula is C48H53N3O7. The fraction of sp³-hybridized carbons (Fsp3) is 0.438. The van der Waals surface area contributed by atoms with E-state index in [1.165, 1.54) is 41.2 Å². The van der Waals surface area contributed by atoms with E-state index in [-0.39, 0.29) is 42.1 Å². The van der Waals surface area contributed by atoms with Crippen molar-refractivity contribution in [1.29, 1.82) is 0 Å². The second kappa shape index (κ2) is 15.4. The zero-order valence-electron chi connectivity index (χ0n) is 33.4. The van der Waals surface area contributed by atoms with Gasteiger partial charge in [-0.3, -0.25) is 10.3 Å². The average molecular weight is 784 g/mol. The Hall–Kier alpha value is -4.87. The Kier molecular flexibility index (Phi) is 9.92. The number of phenols is 2. The van der Waals surface area contributed by atoms with Gasteiger partial charge in [-0.2, -0.15) is 0 Å². The van der Waals surface area contributed by atoms with Gasteiger partial charge in [0.15, 0.2) is 17.6 Å². The smallest absolute Gasteiger partial charge is 0.160 e. The summed E-state index contributed by atoms with van der Waals surface area (Å²) in [5, 5.41) is 41.9. The molecule has 4 aromatic carbocycles. The first kappa shape index (κ1) is 37.4. The van der Waals surface area contributed by atoms with Crippen molar-refractivity contribution in [2.45, 2.75) is 94.0 Å². The number of hydrogen-bond acceptors (Lipinski definition) is 10. The number of phenolic OH excluding ortho intramolecular Hbond substituents is 2. The fourth-order valence-electron chi connectivity index (χ4n) is 10.8. The number of aromatic hydroxyl groups is 2. The quantitative estimate of drug-likeness (QED) is 0.126. The first-order chi connectivity index (χ1) is 28.4. The van der Waals surface area contributed by atoms with Crippen molar-refractivity contribution in [3.8, 4) is 39.9 Å². The minimum atomic E-state index is -0.479. The highest BCUT2D eigenvalue weighted by Crippen LogP contribution is 2.60.